The molecule has 1 rings (SSSR count). The quantitative estimate of drug-likeness (QED) is 0.722. The minimum absolute atomic E-state index is 0.421. The van der Waals surface area contributed by atoms with Crippen molar-refractivity contribution >= 4 is 11.8 Å². The van der Waals surface area contributed by atoms with Crippen LogP contribution in [0.3, 0.4) is 0 Å². The Balaban J connectivity index is 1.99. The van der Waals surface area contributed by atoms with Crippen LogP contribution in [-0.2, 0) is 0 Å². The molecule has 14 heavy (non-hydrogen) atoms. The second kappa shape index (κ2) is 5.41. The fourth-order valence-electron chi connectivity index (χ4n) is 2.01. The molecule has 2 unspecified atom stereocenters. The molecule has 2 atom stereocenters. The van der Waals surface area contributed by atoms with E-state index in [4.69, 9.17) is 0 Å². The molecule has 84 valence electrons. The monoisotopic (exact) mass is 215 g/mol. The van der Waals surface area contributed by atoms with Crippen molar-refractivity contribution in [3.05, 3.63) is 0 Å². The lowest BCUT2D eigenvalue weighted by atomic mass is 10.1. The van der Waals surface area contributed by atoms with E-state index in [0.717, 1.165) is 12.0 Å². The predicted molar refractivity (Wildman–Crippen MR) is 67.0 cm³/mol. The highest BCUT2D eigenvalue weighted by atomic mass is 32.2. The van der Waals surface area contributed by atoms with Gasteiger partial charge in [-0.2, -0.15) is 11.8 Å². The van der Waals surface area contributed by atoms with Gasteiger partial charge < -0.3 is 5.32 Å². The van der Waals surface area contributed by atoms with E-state index in [2.05, 4.69) is 44.8 Å². The van der Waals surface area contributed by atoms with Crippen LogP contribution in [-0.4, -0.2) is 23.1 Å². The molecule has 0 aromatic rings. The van der Waals surface area contributed by atoms with Gasteiger partial charge in [-0.15, -0.1) is 0 Å². The van der Waals surface area contributed by atoms with Gasteiger partial charge in [-0.1, -0.05) is 27.7 Å². The molecule has 0 aliphatic heterocycles. The number of hydrogen-bond donors (Lipinski definition) is 1. The van der Waals surface area contributed by atoms with Crippen LogP contribution in [0.25, 0.3) is 0 Å². The summed E-state index contributed by atoms with van der Waals surface area (Å²) < 4.78 is 0.421. The molecule has 1 aliphatic carbocycles. The zero-order chi connectivity index (χ0) is 10.6. The van der Waals surface area contributed by atoms with Crippen molar-refractivity contribution in [3.63, 3.8) is 0 Å². The minimum Gasteiger partial charge on any atom is -0.313 e. The zero-order valence-corrected chi connectivity index (χ0v) is 10.9. The minimum atomic E-state index is 0.421. The fourth-order valence-corrected chi connectivity index (χ4v) is 2.85. The molecule has 0 heterocycles. The summed E-state index contributed by atoms with van der Waals surface area (Å²) in [5, 5.41) is 3.66. The maximum absolute atomic E-state index is 3.66. The third-order valence-corrected chi connectivity index (χ3v) is 4.04. The summed E-state index contributed by atoms with van der Waals surface area (Å²) in [6.45, 7) is 10.4. The average Bonchev–Trinajstić information content (AvgIpc) is 2.44. The normalized spacial score (nSPS) is 28.3. The number of rotatable bonds is 4. The van der Waals surface area contributed by atoms with Crippen LogP contribution in [0, 0.1) is 5.92 Å². The number of thioether (sulfide) groups is 1. The van der Waals surface area contributed by atoms with Gasteiger partial charge >= 0.3 is 0 Å². The lowest BCUT2D eigenvalue weighted by Crippen LogP contribution is -2.29. The summed E-state index contributed by atoms with van der Waals surface area (Å²) in [6.07, 6.45) is 4.20. The van der Waals surface area contributed by atoms with Crippen LogP contribution in [0.4, 0.5) is 0 Å². The van der Waals surface area contributed by atoms with Crippen molar-refractivity contribution in [1.82, 2.24) is 5.32 Å². The van der Waals surface area contributed by atoms with E-state index in [9.17, 15) is 0 Å². The third kappa shape index (κ3) is 5.26. The topological polar surface area (TPSA) is 12.0 Å². The van der Waals surface area contributed by atoms with E-state index in [1.807, 2.05) is 0 Å². The van der Waals surface area contributed by atoms with Crippen LogP contribution in [0.1, 0.15) is 47.0 Å². The maximum atomic E-state index is 3.66. The molecule has 2 heteroatoms. The lowest BCUT2D eigenvalue weighted by molar-refractivity contribution is 0.518. The van der Waals surface area contributed by atoms with Crippen molar-refractivity contribution in [2.75, 3.05) is 12.3 Å². The van der Waals surface area contributed by atoms with E-state index < -0.39 is 0 Å². The molecule has 0 bridgehead atoms. The highest BCUT2D eigenvalue weighted by molar-refractivity contribution is 8.00. The summed E-state index contributed by atoms with van der Waals surface area (Å²) in [5.41, 5.74) is 0. The molecule has 1 N–H and O–H groups in total. The molecule has 1 nitrogen and oxygen atoms in total. The summed E-state index contributed by atoms with van der Waals surface area (Å²) >= 11 is 2.06. The molecule has 1 aliphatic rings. The summed E-state index contributed by atoms with van der Waals surface area (Å²) in [5.74, 6) is 2.19. The first-order chi connectivity index (χ1) is 6.47. The predicted octanol–water partition coefficient (Wildman–Crippen LogP) is 3.30. The lowest BCUT2D eigenvalue weighted by Gasteiger charge is -2.19. The first-order valence-electron chi connectivity index (χ1n) is 5.85. The van der Waals surface area contributed by atoms with Gasteiger partial charge in [0.2, 0.25) is 0 Å². The Morgan fingerprint density at radius 2 is 2.00 bits per heavy atom. The van der Waals surface area contributed by atoms with Crippen molar-refractivity contribution in [2.45, 2.75) is 57.7 Å². The van der Waals surface area contributed by atoms with Crippen LogP contribution >= 0.6 is 11.8 Å². The summed E-state index contributed by atoms with van der Waals surface area (Å²) in [4.78, 5) is 0. The van der Waals surface area contributed by atoms with Crippen LogP contribution in [0.5, 0.6) is 0 Å². The average molecular weight is 215 g/mol. The van der Waals surface area contributed by atoms with Gasteiger partial charge in [0, 0.05) is 23.1 Å². The highest BCUT2D eigenvalue weighted by Gasteiger charge is 2.20. The van der Waals surface area contributed by atoms with Crippen molar-refractivity contribution in [3.8, 4) is 0 Å². The Labute approximate surface area is 93.4 Å². The van der Waals surface area contributed by atoms with Gasteiger partial charge in [-0.05, 0) is 25.2 Å². The number of hydrogen-bond acceptors (Lipinski definition) is 2. The third-order valence-electron chi connectivity index (χ3n) is 2.76. The van der Waals surface area contributed by atoms with E-state index in [-0.39, 0.29) is 0 Å². The van der Waals surface area contributed by atoms with Crippen molar-refractivity contribution in [1.29, 1.82) is 0 Å². The van der Waals surface area contributed by atoms with E-state index in [0.29, 0.717) is 4.75 Å². The number of nitrogens with one attached hydrogen (secondary N) is 1. The van der Waals surface area contributed by atoms with E-state index in [1.165, 1.54) is 31.6 Å². The van der Waals surface area contributed by atoms with Crippen LogP contribution in [0.15, 0.2) is 0 Å². The van der Waals surface area contributed by atoms with Gasteiger partial charge in [0.1, 0.15) is 0 Å². The molecule has 0 spiro atoms. The van der Waals surface area contributed by atoms with E-state index >= 15 is 0 Å². The van der Waals surface area contributed by atoms with E-state index in [1.54, 1.807) is 0 Å². The standard InChI is InChI=1S/C12H25NS/c1-10-5-6-11(9-10)13-7-8-14-12(2,3)4/h10-11,13H,5-9H2,1-4H3. The van der Waals surface area contributed by atoms with Crippen LogP contribution < -0.4 is 5.32 Å². The Hall–Kier alpha value is 0.310. The molecule has 0 radical (unpaired) electrons. The summed E-state index contributed by atoms with van der Waals surface area (Å²) in [7, 11) is 0. The van der Waals surface area contributed by atoms with Gasteiger partial charge in [0.05, 0.1) is 0 Å². The Morgan fingerprint density at radius 3 is 2.50 bits per heavy atom. The fraction of sp³-hybridized carbons (Fsp3) is 1.00. The first-order valence-corrected chi connectivity index (χ1v) is 6.83. The first kappa shape index (κ1) is 12.4. The SMILES string of the molecule is CC1CCC(NCCSC(C)(C)C)C1. The second-order valence-electron chi connectivity index (χ2n) is 5.53. The molecule has 1 fully saturated rings. The molecule has 0 aromatic heterocycles. The maximum Gasteiger partial charge on any atom is 0.00755 e. The van der Waals surface area contributed by atoms with Gasteiger partial charge in [-0.25, -0.2) is 0 Å². The Morgan fingerprint density at radius 1 is 1.29 bits per heavy atom. The highest BCUT2D eigenvalue weighted by Crippen LogP contribution is 2.25. The van der Waals surface area contributed by atoms with Crippen molar-refractivity contribution in [2.24, 2.45) is 5.92 Å². The molecule has 1 saturated carbocycles. The van der Waals surface area contributed by atoms with Gasteiger partial charge in [0.15, 0.2) is 0 Å². The second-order valence-corrected chi connectivity index (χ2v) is 7.45. The molecular weight excluding hydrogens is 190 g/mol. The Bertz CT molecular complexity index is 162. The van der Waals surface area contributed by atoms with Crippen molar-refractivity contribution < 1.29 is 0 Å². The van der Waals surface area contributed by atoms with Gasteiger partial charge in [0.25, 0.3) is 0 Å². The molecular formula is C12H25NS. The largest absolute Gasteiger partial charge is 0.313 e. The zero-order valence-electron chi connectivity index (χ0n) is 10.1. The molecule has 0 saturated heterocycles. The summed E-state index contributed by atoms with van der Waals surface area (Å²) in [6, 6.07) is 0.811. The van der Waals surface area contributed by atoms with Gasteiger partial charge in [-0.3, -0.25) is 0 Å². The molecule has 0 amide bonds. The smallest absolute Gasteiger partial charge is 0.00755 e. The van der Waals surface area contributed by atoms with Crippen LogP contribution in [0.2, 0.25) is 0 Å². The molecule has 0 aromatic carbocycles. The Kier molecular flexibility index (Phi) is 4.78.